The van der Waals surface area contributed by atoms with Crippen molar-refractivity contribution in [2.45, 2.75) is 20.3 Å². The highest BCUT2D eigenvalue weighted by Gasteiger charge is 2.55. The van der Waals surface area contributed by atoms with Crippen LogP contribution in [0.15, 0.2) is 12.7 Å². The molecule has 1 rings (SSSR count). The number of ether oxygens (including phenoxy) is 1. The topological polar surface area (TPSA) is 26.3 Å². The molecule has 62 valence electrons. The number of allylic oxidation sites excluding steroid dienone is 1. The van der Waals surface area contributed by atoms with Crippen LogP contribution in [0.2, 0.25) is 0 Å². The Morgan fingerprint density at radius 2 is 2.55 bits per heavy atom. The molecule has 1 unspecified atom stereocenters. The van der Waals surface area contributed by atoms with Crippen molar-refractivity contribution in [2.75, 3.05) is 6.61 Å². The lowest BCUT2D eigenvalue weighted by Crippen LogP contribution is -2.17. The summed E-state index contributed by atoms with van der Waals surface area (Å²) < 4.78 is 4.91. The summed E-state index contributed by atoms with van der Waals surface area (Å²) in [4.78, 5) is 11.2. The summed E-state index contributed by atoms with van der Waals surface area (Å²) in [7, 11) is 0. The molecule has 0 aliphatic heterocycles. The van der Waals surface area contributed by atoms with E-state index < -0.39 is 0 Å². The fourth-order valence-electron chi connectivity index (χ4n) is 1.27. The molecule has 1 saturated carbocycles. The molecule has 0 heterocycles. The molecule has 0 bridgehead atoms. The standard InChI is InChI=1S/C9H14O2/c1-4-7-6-9(7,3)8(10)11-5-2/h4,7H,1,5-6H2,2-3H3/t7-,9?/m0/s1. The first kappa shape index (κ1) is 8.31. The Kier molecular flexibility index (Phi) is 2.03. The maximum absolute atomic E-state index is 11.2. The summed E-state index contributed by atoms with van der Waals surface area (Å²) in [6, 6.07) is 0. The van der Waals surface area contributed by atoms with Gasteiger partial charge in [0.25, 0.3) is 0 Å². The third-order valence-electron chi connectivity index (χ3n) is 2.33. The van der Waals surface area contributed by atoms with Gasteiger partial charge in [-0.2, -0.15) is 0 Å². The molecule has 0 N–H and O–H groups in total. The van der Waals surface area contributed by atoms with Gasteiger partial charge in [-0.3, -0.25) is 4.79 Å². The van der Waals surface area contributed by atoms with E-state index in [4.69, 9.17) is 4.74 Å². The van der Waals surface area contributed by atoms with Crippen LogP contribution in [-0.2, 0) is 9.53 Å². The Morgan fingerprint density at radius 3 is 2.91 bits per heavy atom. The fourth-order valence-corrected chi connectivity index (χ4v) is 1.27. The molecule has 2 atom stereocenters. The minimum Gasteiger partial charge on any atom is -0.466 e. The van der Waals surface area contributed by atoms with Gasteiger partial charge < -0.3 is 4.74 Å². The third kappa shape index (κ3) is 1.30. The molecule has 0 aromatic rings. The second kappa shape index (κ2) is 2.68. The van der Waals surface area contributed by atoms with Crippen molar-refractivity contribution in [3.63, 3.8) is 0 Å². The second-order valence-electron chi connectivity index (χ2n) is 3.18. The molecule has 0 amide bonds. The van der Waals surface area contributed by atoms with Crippen LogP contribution >= 0.6 is 0 Å². The van der Waals surface area contributed by atoms with Gasteiger partial charge in [0.2, 0.25) is 0 Å². The van der Waals surface area contributed by atoms with Gasteiger partial charge in [-0.1, -0.05) is 6.08 Å². The zero-order valence-electron chi connectivity index (χ0n) is 7.09. The van der Waals surface area contributed by atoms with Gasteiger partial charge in [-0.05, 0) is 26.2 Å². The largest absolute Gasteiger partial charge is 0.466 e. The SMILES string of the molecule is C=C[C@H]1CC1(C)C(=O)OCC. The summed E-state index contributed by atoms with van der Waals surface area (Å²) in [5.41, 5.74) is -0.252. The lowest BCUT2D eigenvalue weighted by atomic mass is 10.1. The van der Waals surface area contributed by atoms with Gasteiger partial charge in [-0.15, -0.1) is 6.58 Å². The Morgan fingerprint density at radius 1 is 1.91 bits per heavy atom. The molecule has 0 aromatic heterocycles. The minimum atomic E-state index is -0.252. The Bertz CT molecular complexity index is 186. The van der Waals surface area contributed by atoms with E-state index in [-0.39, 0.29) is 11.4 Å². The van der Waals surface area contributed by atoms with Crippen LogP contribution in [0, 0.1) is 11.3 Å². The Balaban J connectivity index is 2.49. The van der Waals surface area contributed by atoms with Gasteiger partial charge in [0.1, 0.15) is 0 Å². The maximum atomic E-state index is 11.2. The zero-order chi connectivity index (χ0) is 8.48. The third-order valence-corrected chi connectivity index (χ3v) is 2.33. The zero-order valence-corrected chi connectivity index (χ0v) is 7.09. The predicted octanol–water partition coefficient (Wildman–Crippen LogP) is 1.76. The first-order chi connectivity index (χ1) is 5.15. The molecular weight excluding hydrogens is 140 g/mol. The molecule has 0 saturated heterocycles. The average Bonchev–Trinajstić information content (AvgIpc) is 2.64. The van der Waals surface area contributed by atoms with E-state index in [9.17, 15) is 4.79 Å². The summed E-state index contributed by atoms with van der Waals surface area (Å²) in [6.45, 7) is 7.88. The van der Waals surface area contributed by atoms with Crippen LogP contribution in [0.3, 0.4) is 0 Å². The Hall–Kier alpha value is -0.790. The van der Waals surface area contributed by atoms with Crippen molar-refractivity contribution in [1.29, 1.82) is 0 Å². The van der Waals surface area contributed by atoms with Crippen molar-refractivity contribution in [2.24, 2.45) is 11.3 Å². The molecule has 0 aromatic carbocycles. The van der Waals surface area contributed by atoms with Crippen LogP contribution in [0.5, 0.6) is 0 Å². The first-order valence-electron chi connectivity index (χ1n) is 3.95. The summed E-state index contributed by atoms with van der Waals surface area (Å²) in [5, 5.41) is 0. The van der Waals surface area contributed by atoms with Gasteiger partial charge in [0.15, 0.2) is 0 Å². The fraction of sp³-hybridized carbons (Fsp3) is 0.667. The molecular formula is C9H14O2. The van der Waals surface area contributed by atoms with Crippen LogP contribution in [-0.4, -0.2) is 12.6 Å². The van der Waals surface area contributed by atoms with Crippen molar-refractivity contribution in [1.82, 2.24) is 0 Å². The highest BCUT2D eigenvalue weighted by Crippen LogP contribution is 2.53. The minimum absolute atomic E-state index is 0.0788. The van der Waals surface area contributed by atoms with Crippen LogP contribution in [0.1, 0.15) is 20.3 Å². The number of carbonyl (C=O) groups is 1. The quantitative estimate of drug-likeness (QED) is 0.457. The number of rotatable bonds is 3. The lowest BCUT2D eigenvalue weighted by Gasteiger charge is -2.07. The lowest BCUT2D eigenvalue weighted by molar-refractivity contribution is -0.149. The van der Waals surface area contributed by atoms with Gasteiger partial charge in [-0.25, -0.2) is 0 Å². The van der Waals surface area contributed by atoms with E-state index >= 15 is 0 Å². The monoisotopic (exact) mass is 154 g/mol. The smallest absolute Gasteiger partial charge is 0.312 e. The highest BCUT2D eigenvalue weighted by molar-refractivity contribution is 5.80. The number of hydrogen-bond acceptors (Lipinski definition) is 2. The molecule has 1 aliphatic rings. The number of carbonyl (C=O) groups excluding carboxylic acids is 1. The number of esters is 1. The van der Waals surface area contributed by atoms with Crippen molar-refractivity contribution in [3.8, 4) is 0 Å². The number of hydrogen-bond donors (Lipinski definition) is 0. The van der Waals surface area contributed by atoms with E-state index in [0.29, 0.717) is 12.5 Å². The molecule has 2 heteroatoms. The van der Waals surface area contributed by atoms with Gasteiger partial charge in [0.05, 0.1) is 12.0 Å². The molecule has 1 fully saturated rings. The average molecular weight is 154 g/mol. The van der Waals surface area contributed by atoms with Gasteiger partial charge in [0, 0.05) is 0 Å². The molecule has 1 aliphatic carbocycles. The van der Waals surface area contributed by atoms with Crippen LogP contribution < -0.4 is 0 Å². The summed E-state index contributed by atoms with van der Waals surface area (Å²) in [5.74, 6) is 0.256. The molecule has 11 heavy (non-hydrogen) atoms. The van der Waals surface area contributed by atoms with Gasteiger partial charge >= 0.3 is 5.97 Å². The van der Waals surface area contributed by atoms with Crippen molar-refractivity contribution in [3.05, 3.63) is 12.7 Å². The van der Waals surface area contributed by atoms with Crippen LogP contribution in [0.4, 0.5) is 0 Å². The van der Waals surface area contributed by atoms with Crippen molar-refractivity contribution < 1.29 is 9.53 Å². The van der Waals surface area contributed by atoms with E-state index in [2.05, 4.69) is 6.58 Å². The summed E-state index contributed by atoms with van der Waals surface area (Å²) >= 11 is 0. The second-order valence-corrected chi connectivity index (χ2v) is 3.18. The van der Waals surface area contributed by atoms with E-state index in [1.807, 2.05) is 19.9 Å². The van der Waals surface area contributed by atoms with Crippen LogP contribution in [0.25, 0.3) is 0 Å². The molecule has 2 nitrogen and oxygen atoms in total. The molecule has 0 radical (unpaired) electrons. The van der Waals surface area contributed by atoms with E-state index in [1.54, 1.807) is 0 Å². The van der Waals surface area contributed by atoms with E-state index in [1.165, 1.54) is 0 Å². The highest BCUT2D eigenvalue weighted by atomic mass is 16.5. The molecule has 0 spiro atoms. The summed E-state index contributed by atoms with van der Waals surface area (Å²) in [6.07, 6.45) is 2.73. The van der Waals surface area contributed by atoms with Crippen molar-refractivity contribution >= 4 is 5.97 Å². The first-order valence-corrected chi connectivity index (χ1v) is 3.95. The Labute approximate surface area is 67.2 Å². The predicted molar refractivity (Wildman–Crippen MR) is 43.0 cm³/mol. The normalized spacial score (nSPS) is 34.5. The van der Waals surface area contributed by atoms with E-state index in [0.717, 1.165) is 6.42 Å². The maximum Gasteiger partial charge on any atom is 0.312 e.